The monoisotopic (exact) mass is 412 g/mol. The minimum absolute atomic E-state index is 0.185. The van der Waals surface area contributed by atoms with Crippen LogP contribution in [0, 0.1) is 6.92 Å². The number of pyridine rings is 1. The van der Waals surface area contributed by atoms with Crippen LogP contribution in [0.4, 0.5) is 10.5 Å². The number of amides is 2. The molecule has 0 bridgehead atoms. The van der Waals surface area contributed by atoms with E-state index in [-0.39, 0.29) is 18.1 Å². The number of hydrogen-bond acceptors (Lipinski definition) is 3. The van der Waals surface area contributed by atoms with E-state index in [4.69, 9.17) is 11.6 Å². The van der Waals surface area contributed by atoms with Gasteiger partial charge in [-0.1, -0.05) is 23.2 Å². The van der Waals surface area contributed by atoms with E-state index in [1.165, 1.54) is 0 Å². The van der Waals surface area contributed by atoms with E-state index in [0.717, 1.165) is 16.5 Å². The van der Waals surface area contributed by atoms with Crippen molar-refractivity contribution in [2.75, 3.05) is 32.5 Å². The summed E-state index contributed by atoms with van der Waals surface area (Å²) in [6, 6.07) is 14.4. The Bertz CT molecular complexity index is 1060. The number of benzene rings is 2. The Morgan fingerprint density at radius 2 is 1.79 bits per heavy atom. The molecule has 0 aliphatic heterocycles. The van der Waals surface area contributed by atoms with Crippen molar-refractivity contribution < 1.29 is 4.79 Å². The lowest BCUT2D eigenvalue weighted by Gasteiger charge is -2.24. The third-order valence-corrected chi connectivity index (χ3v) is 4.89. The fourth-order valence-electron chi connectivity index (χ4n) is 3.00. The molecule has 2 aromatic carbocycles. The van der Waals surface area contributed by atoms with Crippen LogP contribution in [0.3, 0.4) is 0 Å². The first-order valence-corrected chi connectivity index (χ1v) is 9.78. The van der Waals surface area contributed by atoms with E-state index in [1.807, 2.05) is 50.2 Å². The molecule has 1 aromatic heterocycles. The van der Waals surface area contributed by atoms with E-state index in [9.17, 15) is 9.59 Å². The smallest absolute Gasteiger partial charge is 0.322 e. The standard InChI is InChI=1S/C22H25ClN4O2/c1-15-4-9-20-16(12-15)13-17(21(28)25-20)14-27(11-10-26(2)3)22(29)24-19-7-5-18(23)6-8-19/h4-9,12-13H,10-11,14H2,1-3H3,(H,24,29)(H,25,28). The average Bonchev–Trinajstić information content (AvgIpc) is 2.67. The third-order valence-electron chi connectivity index (χ3n) is 4.64. The molecule has 0 aliphatic rings. The second-order valence-electron chi connectivity index (χ2n) is 7.38. The van der Waals surface area contributed by atoms with Gasteiger partial charge in [0.15, 0.2) is 0 Å². The van der Waals surface area contributed by atoms with Crippen LogP contribution in [0.2, 0.25) is 5.02 Å². The van der Waals surface area contributed by atoms with E-state index in [1.54, 1.807) is 29.2 Å². The largest absolute Gasteiger partial charge is 0.322 e. The quantitative estimate of drug-likeness (QED) is 0.640. The molecule has 6 nitrogen and oxygen atoms in total. The molecule has 0 unspecified atom stereocenters. The van der Waals surface area contributed by atoms with Gasteiger partial charge in [-0.3, -0.25) is 4.79 Å². The average molecular weight is 413 g/mol. The second-order valence-corrected chi connectivity index (χ2v) is 7.81. The number of rotatable bonds is 6. The molecular weight excluding hydrogens is 388 g/mol. The highest BCUT2D eigenvalue weighted by atomic mass is 35.5. The first kappa shape index (κ1) is 20.9. The van der Waals surface area contributed by atoms with Gasteiger partial charge in [0.1, 0.15) is 0 Å². The van der Waals surface area contributed by atoms with Crippen LogP contribution in [0.25, 0.3) is 10.9 Å². The third kappa shape index (κ3) is 5.59. The van der Waals surface area contributed by atoms with Crippen LogP contribution in [-0.4, -0.2) is 48.0 Å². The van der Waals surface area contributed by atoms with Gasteiger partial charge in [-0.25, -0.2) is 4.79 Å². The highest BCUT2D eigenvalue weighted by Gasteiger charge is 2.17. The highest BCUT2D eigenvalue weighted by molar-refractivity contribution is 6.30. The van der Waals surface area contributed by atoms with Crippen LogP contribution in [0.15, 0.2) is 53.3 Å². The van der Waals surface area contributed by atoms with E-state index in [0.29, 0.717) is 29.4 Å². The molecule has 0 fully saturated rings. The predicted molar refractivity (Wildman–Crippen MR) is 119 cm³/mol. The maximum absolute atomic E-state index is 12.9. The van der Waals surface area contributed by atoms with E-state index >= 15 is 0 Å². The normalized spacial score (nSPS) is 11.1. The topological polar surface area (TPSA) is 68.4 Å². The summed E-state index contributed by atoms with van der Waals surface area (Å²) in [5.41, 5.74) is 2.91. The number of aromatic amines is 1. The summed E-state index contributed by atoms with van der Waals surface area (Å²) >= 11 is 5.91. The van der Waals surface area contributed by atoms with Crippen molar-refractivity contribution in [3.63, 3.8) is 0 Å². The molecule has 0 spiro atoms. The predicted octanol–water partition coefficient (Wildman–Crippen LogP) is 4.09. The van der Waals surface area contributed by atoms with Crippen LogP contribution < -0.4 is 10.9 Å². The highest BCUT2D eigenvalue weighted by Crippen LogP contribution is 2.16. The van der Waals surface area contributed by atoms with Crippen LogP contribution in [0.5, 0.6) is 0 Å². The summed E-state index contributed by atoms with van der Waals surface area (Å²) in [5, 5.41) is 4.43. The molecule has 0 saturated carbocycles. The van der Waals surface area contributed by atoms with Crippen LogP contribution in [0.1, 0.15) is 11.1 Å². The number of carbonyl (C=O) groups is 1. The molecule has 29 heavy (non-hydrogen) atoms. The van der Waals surface area contributed by atoms with E-state index in [2.05, 4.69) is 10.3 Å². The van der Waals surface area contributed by atoms with Gasteiger partial charge < -0.3 is 20.1 Å². The SMILES string of the molecule is Cc1ccc2[nH]c(=O)c(CN(CCN(C)C)C(=O)Nc3ccc(Cl)cc3)cc2c1. The Hall–Kier alpha value is -2.83. The second kappa shape index (κ2) is 9.11. The maximum Gasteiger partial charge on any atom is 0.322 e. The number of nitrogens with one attached hydrogen (secondary N) is 2. The van der Waals surface area contributed by atoms with Gasteiger partial charge in [0, 0.05) is 34.9 Å². The Morgan fingerprint density at radius 1 is 1.07 bits per heavy atom. The Kier molecular flexibility index (Phi) is 6.56. The zero-order valence-electron chi connectivity index (χ0n) is 16.8. The van der Waals surface area contributed by atoms with Gasteiger partial charge >= 0.3 is 6.03 Å². The lowest BCUT2D eigenvalue weighted by atomic mass is 10.1. The Labute approximate surface area is 175 Å². The molecule has 0 saturated heterocycles. The maximum atomic E-state index is 12.9. The number of nitrogens with zero attached hydrogens (tertiary/aromatic N) is 2. The summed E-state index contributed by atoms with van der Waals surface area (Å²) < 4.78 is 0. The van der Waals surface area contributed by atoms with Crippen molar-refractivity contribution in [3.05, 3.63) is 75.0 Å². The van der Waals surface area contributed by atoms with Gasteiger partial charge in [0.25, 0.3) is 5.56 Å². The lowest BCUT2D eigenvalue weighted by Crippen LogP contribution is -2.40. The van der Waals surface area contributed by atoms with Gasteiger partial charge in [-0.2, -0.15) is 0 Å². The molecule has 0 atom stereocenters. The number of urea groups is 1. The van der Waals surface area contributed by atoms with Crippen LogP contribution in [-0.2, 0) is 6.54 Å². The number of aromatic nitrogens is 1. The minimum atomic E-state index is -0.266. The minimum Gasteiger partial charge on any atom is -0.322 e. The van der Waals surface area contributed by atoms with Gasteiger partial charge in [0.2, 0.25) is 0 Å². The summed E-state index contributed by atoms with van der Waals surface area (Å²) in [6.07, 6.45) is 0. The lowest BCUT2D eigenvalue weighted by molar-refractivity contribution is 0.202. The number of halogens is 1. The molecule has 0 aliphatic carbocycles. The summed E-state index contributed by atoms with van der Waals surface area (Å²) in [5.74, 6) is 0. The number of fused-ring (bicyclic) bond motifs is 1. The van der Waals surface area contributed by atoms with Crippen molar-refractivity contribution in [1.82, 2.24) is 14.8 Å². The molecule has 2 N–H and O–H groups in total. The molecule has 7 heteroatoms. The number of carbonyl (C=O) groups excluding carboxylic acids is 1. The van der Waals surface area contributed by atoms with Crippen LogP contribution >= 0.6 is 11.6 Å². The fourth-order valence-corrected chi connectivity index (χ4v) is 3.13. The first-order chi connectivity index (χ1) is 13.8. The number of anilines is 1. The number of likely N-dealkylation sites (N-methyl/N-ethyl adjacent to an activating group) is 1. The molecule has 3 rings (SSSR count). The van der Waals surface area contributed by atoms with E-state index < -0.39 is 0 Å². The summed E-state index contributed by atoms with van der Waals surface area (Å²) in [6.45, 7) is 3.38. The number of H-pyrrole nitrogens is 1. The van der Waals surface area contributed by atoms with Gasteiger partial charge in [-0.15, -0.1) is 0 Å². The summed E-state index contributed by atoms with van der Waals surface area (Å²) in [7, 11) is 3.89. The summed E-state index contributed by atoms with van der Waals surface area (Å²) in [4.78, 5) is 32.0. The van der Waals surface area contributed by atoms with Gasteiger partial charge in [-0.05, 0) is 68.9 Å². The Morgan fingerprint density at radius 3 is 2.48 bits per heavy atom. The molecular formula is C22H25ClN4O2. The number of aryl methyl sites for hydroxylation is 1. The van der Waals surface area contributed by atoms with Crippen molar-refractivity contribution in [2.24, 2.45) is 0 Å². The van der Waals surface area contributed by atoms with Crippen molar-refractivity contribution >= 4 is 34.2 Å². The zero-order valence-corrected chi connectivity index (χ0v) is 17.6. The molecule has 0 radical (unpaired) electrons. The first-order valence-electron chi connectivity index (χ1n) is 9.40. The van der Waals surface area contributed by atoms with Crippen molar-refractivity contribution in [1.29, 1.82) is 0 Å². The molecule has 3 aromatic rings. The molecule has 2 amide bonds. The zero-order chi connectivity index (χ0) is 21.0. The molecule has 152 valence electrons. The Balaban J connectivity index is 1.85. The molecule has 1 heterocycles. The fraction of sp³-hybridized carbons (Fsp3) is 0.273. The number of hydrogen-bond donors (Lipinski definition) is 2. The van der Waals surface area contributed by atoms with Crippen molar-refractivity contribution in [3.8, 4) is 0 Å². The van der Waals surface area contributed by atoms with Gasteiger partial charge in [0.05, 0.1) is 6.54 Å². The van der Waals surface area contributed by atoms with Crippen molar-refractivity contribution in [2.45, 2.75) is 13.5 Å².